The molecule has 3 rings (SSSR count). The molecule has 0 saturated carbocycles. The van der Waals surface area contributed by atoms with Crippen LogP contribution in [0.25, 0.3) is 30.0 Å². The second-order valence-corrected chi connectivity index (χ2v) is 6.56. The van der Waals surface area contributed by atoms with E-state index in [2.05, 4.69) is 56.0 Å². The Morgan fingerprint density at radius 3 is 2.11 bits per heavy atom. The van der Waals surface area contributed by atoms with Crippen molar-refractivity contribution in [2.45, 2.75) is 40.2 Å². The Morgan fingerprint density at radius 1 is 1.11 bits per heavy atom. The molecular weight excluding hydrogens is 378 g/mol. The van der Waals surface area contributed by atoms with Crippen LogP contribution < -0.4 is 10.4 Å². The van der Waals surface area contributed by atoms with Crippen molar-refractivity contribution in [3.63, 3.8) is 0 Å². The van der Waals surface area contributed by atoms with Gasteiger partial charge in [0.1, 0.15) is 0 Å². The summed E-state index contributed by atoms with van der Waals surface area (Å²) in [6, 6.07) is 4.44. The zero-order chi connectivity index (χ0) is 17.5. The maximum Gasteiger partial charge on any atom is 4.00 e. The van der Waals surface area contributed by atoms with Crippen molar-refractivity contribution in [2.24, 2.45) is 0 Å². The van der Waals surface area contributed by atoms with Gasteiger partial charge in [0.15, 0.2) is 0 Å². The minimum absolute atomic E-state index is 0. The Balaban J connectivity index is -0.000000165. The molecule has 0 atom stereocenters. The Hall–Kier alpha value is -1.19. The van der Waals surface area contributed by atoms with Gasteiger partial charge in [-0.1, -0.05) is 82.4 Å². The zero-order valence-electron chi connectivity index (χ0n) is 17.4. The first-order chi connectivity index (χ1) is 10.7. The molecule has 0 bridgehead atoms. The molecule has 0 unspecified atom stereocenters. The summed E-state index contributed by atoms with van der Waals surface area (Å²) < 4.78 is 0. The van der Waals surface area contributed by atoms with E-state index < -0.39 is 0 Å². The first kappa shape index (κ1) is 33.4. The molecule has 0 fully saturated rings. The molecule has 1 N–H and O–H groups in total. The molecule has 0 spiro atoms. The Kier molecular flexibility index (Phi) is 19.6. The van der Waals surface area contributed by atoms with E-state index in [4.69, 9.17) is 5.73 Å². The number of nitrogens with one attached hydrogen (secondary N) is 1. The van der Waals surface area contributed by atoms with E-state index in [0.29, 0.717) is 0 Å². The van der Waals surface area contributed by atoms with Crippen molar-refractivity contribution in [1.29, 1.82) is 0 Å². The van der Waals surface area contributed by atoms with Gasteiger partial charge in [-0.2, -0.15) is 11.3 Å². The van der Waals surface area contributed by atoms with Crippen LogP contribution in [0.5, 0.6) is 0 Å². The molecule has 146 valence electrons. The SMILES string of the molecule is C=CC=CC.CC(C)(C)[NH-].CC1=Cc2cc3c(cc2=[C-]1)C=CC=3.[CH3-].[CH3-].[SiH4].[Ti+4]. The van der Waals surface area contributed by atoms with Crippen LogP contribution in [0, 0.1) is 14.9 Å². The first-order valence-electron chi connectivity index (χ1n) is 7.88. The van der Waals surface area contributed by atoms with Crippen LogP contribution in [0.2, 0.25) is 0 Å². The fourth-order valence-corrected chi connectivity index (χ4v) is 2.04. The zero-order valence-corrected chi connectivity index (χ0v) is 19.0. The Labute approximate surface area is 187 Å². The van der Waals surface area contributed by atoms with Gasteiger partial charge in [0, 0.05) is 0 Å². The molecule has 0 aromatic heterocycles. The molecule has 0 heterocycles. The fourth-order valence-electron chi connectivity index (χ4n) is 2.04. The summed E-state index contributed by atoms with van der Waals surface area (Å²) >= 11 is 0. The fraction of sp³-hybridized carbons (Fsp3) is 0.250. The van der Waals surface area contributed by atoms with Crippen molar-refractivity contribution >= 4 is 35.3 Å². The molecule has 0 amide bonds. The van der Waals surface area contributed by atoms with E-state index in [1.165, 1.54) is 27.1 Å². The number of allylic oxidation sites excluding steroid dienone is 5. The maximum atomic E-state index is 6.94. The number of fused-ring (bicyclic) bond motifs is 2. The third-order valence-corrected chi connectivity index (χ3v) is 2.84. The van der Waals surface area contributed by atoms with E-state index in [1.807, 2.05) is 39.8 Å². The molecule has 0 radical (unpaired) electrons. The smallest absolute Gasteiger partial charge is 0.673 e. The van der Waals surface area contributed by atoms with Gasteiger partial charge in [0.25, 0.3) is 0 Å². The average Bonchev–Trinajstić information content (AvgIpc) is 2.99. The van der Waals surface area contributed by atoms with E-state index in [-0.39, 0.29) is 53.1 Å². The van der Waals surface area contributed by atoms with Gasteiger partial charge < -0.3 is 20.6 Å². The summed E-state index contributed by atoms with van der Waals surface area (Å²) in [5, 5.41) is 2.56. The molecule has 27 heavy (non-hydrogen) atoms. The quantitative estimate of drug-likeness (QED) is 0.364. The average molecular weight is 416 g/mol. The molecule has 0 aliphatic heterocycles. The second kappa shape index (κ2) is 15.8. The summed E-state index contributed by atoms with van der Waals surface area (Å²) in [6.07, 6.45) is 17.5. The molecule has 3 heteroatoms. The first-order valence-corrected chi connectivity index (χ1v) is 7.88. The van der Waals surface area contributed by atoms with Gasteiger partial charge >= 0.3 is 21.7 Å². The van der Waals surface area contributed by atoms with Crippen LogP contribution in [0.4, 0.5) is 0 Å². The molecule has 1 aromatic rings. The minimum atomic E-state index is -0.250. The Bertz CT molecular complexity index is 757. The molecule has 2 aliphatic rings. The van der Waals surface area contributed by atoms with E-state index in [0.717, 1.165) is 0 Å². The standard InChI is InChI=1S/C13H9.C5H8.C4H10N.2CH3.H4Si.Ti/c1-9-5-12-7-10-3-2-4-11(10)8-13(12)6-9;1-3-5-4-2;1-4(2,3)5;;;;/h2-5,7-8H,1H3;3-5H,1H2,2H3;5H,1-3H3;2*1H3;1H4;/q-1;;3*-1;;+4. The summed E-state index contributed by atoms with van der Waals surface area (Å²) in [5.74, 6) is 0. The van der Waals surface area contributed by atoms with Gasteiger partial charge in [0.05, 0.1) is 0 Å². The summed E-state index contributed by atoms with van der Waals surface area (Å²) in [4.78, 5) is 0. The topological polar surface area (TPSA) is 23.8 Å². The third kappa shape index (κ3) is 13.6. The van der Waals surface area contributed by atoms with Crippen molar-refractivity contribution in [1.82, 2.24) is 0 Å². The second-order valence-electron chi connectivity index (χ2n) is 6.56. The third-order valence-electron chi connectivity index (χ3n) is 2.84. The van der Waals surface area contributed by atoms with E-state index in [1.54, 1.807) is 6.08 Å². The van der Waals surface area contributed by atoms with Gasteiger partial charge in [-0.3, -0.25) is 0 Å². The largest absolute Gasteiger partial charge is 4.00 e. The van der Waals surface area contributed by atoms with E-state index >= 15 is 0 Å². The molecule has 2 aliphatic carbocycles. The number of benzene rings is 1. The molecular formula is C24H37NSiTi. The van der Waals surface area contributed by atoms with Crippen LogP contribution in [0.15, 0.2) is 48.6 Å². The van der Waals surface area contributed by atoms with Gasteiger partial charge in [0.2, 0.25) is 0 Å². The van der Waals surface area contributed by atoms with Crippen LogP contribution >= 0.6 is 0 Å². The van der Waals surface area contributed by atoms with Crippen LogP contribution in [0.3, 0.4) is 0 Å². The molecule has 0 saturated heterocycles. The molecule has 1 nitrogen and oxygen atoms in total. The maximum absolute atomic E-state index is 6.94. The number of hydrogen-bond donors (Lipinski definition) is 0. The van der Waals surface area contributed by atoms with Gasteiger partial charge in [-0.05, 0) is 23.1 Å². The van der Waals surface area contributed by atoms with Crippen molar-refractivity contribution in [3.8, 4) is 0 Å². The normalized spacial score (nSPS) is 11.6. The van der Waals surface area contributed by atoms with Crippen LogP contribution in [0.1, 0.15) is 45.7 Å². The van der Waals surface area contributed by atoms with Crippen LogP contribution in [-0.4, -0.2) is 16.5 Å². The van der Waals surface area contributed by atoms with Gasteiger partial charge in [-0.25, -0.2) is 0 Å². The van der Waals surface area contributed by atoms with Crippen molar-refractivity contribution in [3.05, 3.63) is 90.7 Å². The summed E-state index contributed by atoms with van der Waals surface area (Å²) in [6.45, 7) is 13.1. The van der Waals surface area contributed by atoms with Gasteiger partial charge in [-0.15, -0.1) is 28.8 Å². The van der Waals surface area contributed by atoms with Crippen LogP contribution in [-0.2, 0) is 21.7 Å². The predicted octanol–water partition coefficient (Wildman–Crippen LogP) is 4.60. The number of hydrogen-bond acceptors (Lipinski definition) is 0. The number of rotatable bonds is 1. The monoisotopic (exact) mass is 415 g/mol. The summed E-state index contributed by atoms with van der Waals surface area (Å²) in [7, 11) is 0. The van der Waals surface area contributed by atoms with Crippen molar-refractivity contribution in [2.75, 3.05) is 0 Å². The summed E-state index contributed by atoms with van der Waals surface area (Å²) in [5.41, 5.74) is 10.5. The predicted molar refractivity (Wildman–Crippen MR) is 129 cm³/mol. The molecule has 1 aromatic carbocycles. The van der Waals surface area contributed by atoms with E-state index in [9.17, 15) is 0 Å². The minimum Gasteiger partial charge on any atom is -0.673 e. The Morgan fingerprint density at radius 2 is 1.67 bits per heavy atom. The van der Waals surface area contributed by atoms with Crippen molar-refractivity contribution < 1.29 is 21.7 Å².